The predicted molar refractivity (Wildman–Crippen MR) is 102 cm³/mol. The monoisotopic (exact) mass is 374 g/mol. The van der Waals surface area contributed by atoms with Gasteiger partial charge in [0.1, 0.15) is 0 Å². The standard InChI is InChI=1S/C19H26N4O2S/c1-14(2)5-6-19(25)22-12-15-7-8-21-23(15)16(13-22)10-18(24)20-11-17-4-3-9-26-17/h3-4,7-9,14,16H,5-6,10-13H2,1-2H3,(H,20,24)/t16-/m0/s1. The molecular weight excluding hydrogens is 348 g/mol. The Labute approximate surface area is 158 Å². The minimum atomic E-state index is -0.111. The summed E-state index contributed by atoms with van der Waals surface area (Å²) in [7, 11) is 0. The van der Waals surface area contributed by atoms with Crippen molar-refractivity contribution in [2.75, 3.05) is 6.54 Å². The van der Waals surface area contributed by atoms with Crippen molar-refractivity contribution >= 4 is 23.2 Å². The second-order valence-electron chi connectivity index (χ2n) is 7.19. The molecule has 0 saturated carbocycles. The van der Waals surface area contributed by atoms with Gasteiger partial charge in [0.25, 0.3) is 0 Å². The van der Waals surface area contributed by atoms with Crippen LogP contribution in [0.15, 0.2) is 29.8 Å². The van der Waals surface area contributed by atoms with Crippen LogP contribution >= 0.6 is 11.3 Å². The van der Waals surface area contributed by atoms with Gasteiger partial charge in [-0.1, -0.05) is 19.9 Å². The van der Waals surface area contributed by atoms with E-state index >= 15 is 0 Å². The minimum Gasteiger partial charge on any atom is -0.351 e. The minimum absolute atomic E-state index is 0.0127. The van der Waals surface area contributed by atoms with Crippen molar-refractivity contribution in [1.29, 1.82) is 0 Å². The van der Waals surface area contributed by atoms with Gasteiger partial charge in [0.2, 0.25) is 11.8 Å². The van der Waals surface area contributed by atoms with E-state index in [0.717, 1.165) is 17.0 Å². The second-order valence-corrected chi connectivity index (χ2v) is 8.22. The summed E-state index contributed by atoms with van der Waals surface area (Å²) in [6.07, 6.45) is 3.52. The Hall–Kier alpha value is -2.15. The highest BCUT2D eigenvalue weighted by molar-refractivity contribution is 7.09. The Bertz CT molecular complexity index is 739. The van der Waals surface area contributed by atoms with E-state index in [4.69, 9.17) is 0 Å². The van der Waals surface area contributed by atoms with Gasteiger partial charge in [-0.25, -0.2) is 0 Å². The molecule has 0 aromatic carbocycles. The van der Waals surface area contributed by atoms with Crippen LogP contribution in [0.1, 0.15) is 49.7 Å². The van der Waals surface area contributed by atoms with Gasteiger partial charge in [0.15, 0.2) is 0 Å². The van der Waals surface area contributed by atoms with Gasteiger partial charge in [-0.2, -0.15) is 5.10 Å². The number of nitrogens with zero attached hydrogens (tertiary/aromatic N) is 3. The quantitative estimate of drug-likeness (QED) is 0.810. The number of hydrogen-bond donors (Lipinski definition) is 1. The molecule has 0 unspecified atom stereocenters. The van der Waals surface area contributed by atoms with Gasteiger partial charge < -0.3 is 10.2 Å². The molecule has 1 aliphatic rings. The molecule has 26 heavy (non-hydrogen) atoms. The molecule has 2 aromatic heterocycles. The molecule has 0 aliphatic carbocycles. The summed E-state index contributed by atoms with van der Waals surface area (Å²) < 4.78 is 1.90. The first kappa shape index (κ1) is 18.6. The van der Waals surface area contributed by atoms with E-state index in [9.17, 15) is 9.59 Å². The molecule has 2 aromatic rings. The van der Waals surface area contributed by atoms with Gasteiger partial charge in [0, 0.05) is 24.0 Å². The zero-order valence-electron chi connectivity index (χ0n) is 15.4. The SMILES string of the molecule is CC(C)CCC(=O)N1Cc2ccnn2[C@@H](CC(=O)NCc2cccs2)C1. The molecule has 140 valence electrons. The number of fused-ring (bicyclic) bond motifs is 1. The molecule has 1 atom stereocenters. The molecular formula is C19H26N4O2S. The van der Waals surface area contributed by atoms with E-state index < -0.39 is 0 Å². The highest BCUT2D eigenvalue weighted by atomic mass is 32.1. The number of rotatable bonds is 7. The second kappa shape index (κ2) is 8.49. The zero-order valence-corrected chi connectivity index (χ0v) is 16.2. The van der Waals surface area contributed by atoms with Crippen molar-refractivity contribution in [3.63, 3.8) is 0 Å². The number of aromatic nitrogens is 2. The summed E-state index contributed by atoms with van der Waals surface area (Å²) >= 11 is 1.63. The number of carbonyl (C=O) groups is 2. The average molecular weight is 375 g/mol. The van der Waals surface area contributed by atoms with E-state index in [1.54, 1.807) is 17.5 Å². The lowest BCUT2D eigenvalue weighted by Crippen LogP contribution is -2.42. The fourth-order valence-electron chi connectivity index (χ4n) is 3.18. The third kappa shape index (κ3) is 4.72. The van der Waals surface area contributed by atoms with Crippen LogP contribution in [0.3, 0.4) is 0 Å². The van der Waals surface area contributed by atoms with Crippen LogP contribution in [0, 0.1) is 5.92 Å². The van der Waals surface area contributed by atoms with Crippen LogP contribution in [-0.4, -0.2) is 33.0 Å². The Balaban J connectivity index is 1.60. The molecule has 0 fully saturated rings. The Morgan fingerprint density at radius 3 is 2.96 bits per heavy atom. The predicted octanol–water partition coefficient (Wildman–Crippen LogP) is 2.97. The van der Waals surface area contributed by atoms with Crippen molar-refractivity contribution in [2.45, 2.75) is 52.2 Å². The third-order valence-corrected chi connectivity index (χ3v) is 5.51. The number of carbonyl (C=O) groups excluding carboxylic acids is 2. The number of nitrogens with one attached hydrogen (secondary N) is 1. The summed E-state index contributed by atoms with van der Waals surface area (Å²) in [5, 5.41) is 9.34. The largest absolute Gasteiger partial charge is 0.351 e. The average Bonchev–Trinajstić information content (AvgIpc) is 3.29. The third-order valence-electron chi connectivity index (χ3n) is 4.63. The first-order valence-electron chi connectivity index (χ1n) is 9.12. The summed E-state index contributed by atoms with van der Waals surface area (Å²) in [5.41, 5.74) is 0.991. The molecule has 7 heteroatoms. The van der Waals surface area contributed by atoms with E-state index in [1.165, 1.54) is 0 Å². The van der Waals surface area contributed by atoms with Gasteiger partial charge >= 0.3 is 0 Å². The number of hydrogen-bond acceptors (Lipinski definition) is 4. The van der Waals surface area contributed by atoms with Gasteiger partial charge in [-0.3, -0.25) is 14.3 Å². The Morgan fingerprint density at radius 2 is 2.23 bits per heavy atom. The maximum Gasteiger partial charge on any atom is 0.223 e. The molecule has 0 bridgehead atoms. The topological polar surface area (TPSA) is 67.2 Å². The first-order chi connectivity index (χ1) is 12.5. The highest BCUT2D eigenvalue weighted by Crippen LogP contribution is 2.24. The fourth-order valence-corrected chi connectivity index (χ4v) is 3.83. The molecule has 1 N–H and O–H groups in total. The van der Waals surface area contributed by atoms with Gasteiger partial charge in [-0.05, 0) is 29.9 Å². The smallest absolute Gasteiger partial charge is 0.223 e. The molecule has 1 aliphatic heterocycles. The van der Waals surface area contributed by atoms with Crippen LogP contribution in [0.25, 0.3) is 0 Å². The molecule has 3 rings (SSSR count). The van der Waals surface area contributed by atoms with Crippen molar-refractivity contribution in [1.82, 2.24) is 20.0 Å². The molecule has 3 heterocycles. The van der Waals surface area contributed by atoms with Crippen LogP contribution in [0.4, 0.5) is 0 Å². The normalized spacial score (nSPS) is 16.6. The lowest BCUT2D eigenvalue weighted by atomic mass is 10.1. The van der Waals surface area contributed by atoms with Crippen LogP contribution < -0.4 is 5.32 Å². The molecule has 0 saturated heterocycles. The summed E-state index contributed by atoms with van der Waals surface area (Å²) in [5.74, 6) is 0.657. The maximum atomic E-state index is 12.5. The van der Waals surface area contributed by atoms with Crippen molar-refractivity contribution in [3.05, 3.63) is 40.3 Å². The maximum absolute atomic E-state index is 12.5. The van der Waals surface area contributed by atoms with Crippen molar-refractivity contribution < 1.29 is 9.59 Å². The summed E-state index contributed by atoms with van der Waals surface area (Å²) in [6.45, 7) is 5.91. The molecule has 0 radical (unpaired) electrons. The van der Waals surface area contributed by atoms with E-state index in [-0.39, 0.29) is 17.9 Å². The van der Waals surface area contributed by atoms with Crippen LogP contribution in [0.2, 0.25) is 0 Å². The van der Waals surface area contributed by atoms with E-state index in [0.29, 0.717) is 38.4 Å². The number of thiophene rings is 1. The van der Waals surface area contributed by atoms with E-state index in [1.807, 2.05) is 33.2 Å². The lowest BCUT2D eigenvalue weighted by Gasteiger charge is -2.34. The Kier molecular flexibility index (Phi) is 6.08. The van der Waals surface area contributed by atoms with Crippen LogP contribution in [0.5, 0.6) is 0 Å². The lowest BCUT2D eigenvalue weighted by molar-refractivity contribution is -0.134. The zero-order chi connectivity index (χ0) is 18.5. The molecule has 2 amide bonds. The molecule has 6 nitrogen and oxygen atoms in total. The van der Waals surface area contributed by atoms with Crippen LogP contribution in [-0.2, 0) is 22.7 Å². The summed E-state index contributed by atoms with van der Waals surface area (Å²) in [4.78, 5) is 27.9. The van der Waals surface area contributed by atoms with Crippen molar-refractivity contribution in [3.8, 4) is 0 Å². The van der Waals surface area contributed by atoms with Gasteiger partial charge in [0.05, 0.1) is 31.2 Å². The molecule has 0 spiro atoms. The highest BCUT2D eigenvalue weighted by Gasteiger charge is 2.29. The fraction of sp³-hybridized carbons (Fsp3) is 0.526. The Morgan fingerprint density at radius 1 is 1.38 bits per heavy atom. The van der Waals surface area contributed by atoms with E-state index in [2.05, 4.69) is 24.3 Å². The first-order valence-corrected chi connectivity index (χ1v) is 10.00. The number of amides is 2. The van der Waals surface area contributed by atoms with Gasteiger partial charge in [-0.15, -0.1) is 11.3 Å². The summed E-state index contributed by atoms with van der Waals surface area (Å²) in [6, 6.07) is 5.80. The van der Waals surface area contributed by atoms with Crippen molar-refractivity contribution in [2.24, 2.45) is 5.92 Å².